The Kier molecular flexibility index (Phi) is 61.5. The van der Waals surface area contributed by atoms with Crippen LogP contribution < -0.4 is 4.89 Å². The van der Waals surface area contributed by atoms with Crippen molar-refractivity contribution in [3.05, 3.63) is 60.8 Å². The monoisotopic (exact) mass is 1170 g/mol. The third-order valence-electron chi connectivity index (χ3n) is 15.5. The van der Waals surface area contributed by atoms with Crippen LogP contribution in [0.3, 0.4) is 0 Å². The topological polar surface area (TPSA) is 111 Å². The molecular formula is C72H134NO8P. The SMILES string of the molecule is CCCCCCC/C=C\C/C=C\C/C=C\CCCCCCCCCCCCCCC(=O)OC(COC(=O)CCCCCCCCCCCCCCCCCCCCC/C=C\C/C=C\CCCCCCC)COP(=O)([O-])OCC[N+](C)(C)C. The van der Waals surface area contributed by atoms with Gasteiger partial charge in [-0.3, -0.25) is 14.2 Å². The Hall–Kier alpha value is -2.29. The fraction of sp³-hybridized carbons (Fsp3) is 0.833. The zero-order chi connectivity index (χ0) is 59.8. The second-order valence-corrected chi connectivity index (χ2v) is 26.3. The molecule has 0 heterocycles. The molecule has 2 unspecified atom stereocenters. The molecule has 0 aromatic heterocycles. The summed E-state index contributed by atoms with van der Waals surface area (Å²) in [5, 5.41) is 0. The first-order valence-electron chi connectivity index (χ1n) is 35.0. The van der Waals surface area contributed by atoms with Crippen LogP contribution in [0.2, 0.25) is 0 Å². The van der Waals surface area contributed by atoms with Crippen molar-refractivity contribution in [1.82, 2.24) is 0 Å². The number of allylic oxidation sites excluding steroid dienone is 10. The molecule has 480 valence electrons. The first-order chi connectivity index (χ1) is 40.0. The molecule has 0 saturated heterocycles. The highest BCUT2D eigenvalue weighted by molar-refractivity contribution is 7.45. The van der Waals surface area contributed by atoms with E-state index in [0.29, 0.717) is 17.4 Å². The number of hydrogen-bond donors (Lipinski definition) is 0. The number of nitrogens with zero attached hydrogens (tertiary/aromatic N) is 1. The normalized spacial score (nSPS) is 13.5. The zero-order valence-electron chi connectivity index (χ0n) is 54.7. The van der Waals surface area contributed by atoms with Gasteiger partial charge < -0.3 is 27.9 Å². The third kappa shape index (κ3) is 66.8. The van der Waals surface area contributed by atoms with Gasteiger partial charge in [-0.25, -0.2) is 0 Å². The van der Waals surface area contributed by atoms with Crippen LogP contribution >= 0.6 is 7.82 Å². The van der Waals surface area contributed by atoms with Crippen molar-refractivity contribution in [3.8, 4) is 0 Å². The molecule has 10 heteroatoms. The van der Waals surface area contributed by atoms with Crippen LogP contribution in [0, 0.1) is 0 Å². The van der Waals surface area contributed by atoms with E-state index in [1.807, 2.05) is 21.1 Å². The maximum atomic E-state index is 12.9. The van der Waals surface area contributed by atoms with E-state index in [1.165, 1.54) is 244 Å². The minimum Gasteiger partial charge on any atom is -0.756 e. The second kappa shape index (κ2) is 63.2. The Morgan fingerprint density at radius 2 is 0.659 bits per heavy atom. The third-order valence-corrected chi connectivity index (χ3v) is 16.5. The average molecular weight is 1170 g/mol. The number of rotatable bonds is 65. The van der Waals surface area contributed by atoms with E-state index in [4.69, 9.17) is 18.5 Å². The van der Waals surface area contributed by atoms with Crippen molar-refractivity contribution in [1.29, 1.82) is 0 Å². The molecule has 0 rings (SSSR count). The molecule has 0 aliphatic rings. The smallest absolute Gasteiger partial charge is 0.306 e. The highest BCUT2D eigenvalue weighted by atomic mass is 31.2. The van der Waals surface area contributed by atoms with Crippen molar-refractivity contribution in [2.24, 2.45) is 0 Å². The molecule has 9 nitrogen and oxygen atoms in total. The lowest BCUT2D eigenvalue weighted by Gasteiger charge is -2.28. The van der Waals surface area contributed by atoms with E-state index in [9.17, 15) is 19.0 Å². The van der Waals surface area contributed by atoms with Crippen LogP contribution in [0.4, 0.5) is 0 Å². The van der Waals surface area contributed by atoms with E-state index in [2.05, 4.69) is 74.6 Å². The molecule has 0 amide bonds. The molecule has 0 fully saturated rings. The van der Waals surface area contributed by atoms with Gasteiger partial charge in [-0.05, 0) is 83.5 Å². The van der Waals surface area contributed by atoms with Crippen LogP contribution in [-0.2, 0) is 32.7 Å². The molecule has 82 heavy (non-hydrogen) atoms. The van der Waals surface area contributed by atoms with E-state index >= 15 is 0 Å². The van der Waals surface area contributed by atoms with Crippen molar-refractivity contribution in [3.63, 3.8) is 0 Å². The Bertz CT molecular complexity index is 1570. The van der Waals surface area contributed by atoms with Crippen molar-refractivity contribution in [2.75, 3.05) is 47.5 Å². The largest absolute Gasteiger partial charge is 0.756 e. The minimum atomic E-state index is -4.64. The Morgan fingerprint density at radius 1 is 0.378 bits per heavy atom. The van der Waals surface area contributed by atoms with Crippen LogP contribution in [0.25, 0.3) is 0 Å². The van der Waals surface area contributed by atoms with E-state index < -0.39 is 26.5 Å². The Labute approximate surface area is 508 Å². The van der Waals surface area contributed by atoms with Gasteiger partial charge in [0.1, 0.15) is 19.8 Å². The van der Waals surface area contributed by atoms with E-state index in [-0.39, 0.29) is 32.0 Å². The van der Waals surface area contributed by atoms with Gasteiger partial charge in [0.05, 0.1) is 27.7 Å². The standard InChI is InChI=1S/C72H134NO8P/c1-6-8-10-12-14-16-18-20-22-24-26-28-30-32-34-35-36-37-39-40-42-44-46-48-50-52-54-56-58-60-62-64-71(74)78-68-70(69-80-82(76,77)79-67-66-73(3,4)5)81-72(75)65-63-61-59-57-55-53-51-49-47-45-43-41-38-33-31-29-27-25-23-21-19-17-15-13-11-9-7-2/h18-21,24-27,31,33,70H,6-17,22-23,28-30,32,34-69H2,1-5H3/b20-18-,21-19-,26-24-,27-25-,33-31-. The van der Waals surface area contributed by atoms with Gasteiger partial charge >= 0.3 is 11.9 Å². The van der Waals surface area contributed by atoms with Gasteiger partial charge in [0, 0.05) is 12.8 Å². The van der Waals surface area contributed by atoms with E-state index in [1.54, 1.807) is 0 Å². The van der Waals surface area contributed by atoms with Crippen molar-refractivity contribution < 1.29 is 42.1 Å². The molecule has 0 aromatic rings. The maximum Gasteiger partial charge on any atom is 0.306 e. The van der Waals surface area contributed by atoms with Crippen LogP contribution in [-0.4, -0.2) is 70.0 Å². The summed E-state index contributed by atoms with van der Waals surface area (Å²) in [6.45, 7) is 4.26. The summed E-state index contributed by atoms with van der Waals surface area (Å²) in [7, 11) is 1.18. The number of phosphoric acid groups is 1. The minimum absolute atomic E-state index is 0.0310. The summed E-state index contributed by atoms with van der Waals surface area (Å²) in [5.74, 6) is -0.821. The number of unbranched alkanes of at least 4 members (excludes halogenated alkanes) is 41. The van der Waals surface area contributed by atoms with Crippen LogP contribution in [0.15, 0.2) is 60.8 Å². The summed E-state index contributed by atoms with van der Waals surface area (Å²) in [5.41, 5.74) is 0. The summed E-state index contributed by atoms with van der Waals surface area (Å²) in [6, 6.07) is 0. The summed E-state index contributed by atoms with van der Waals surface area (Å²) in [6.07, 6.45) is 83.0. The lowest BCUT2D eigenvalue weighted by Crippen LogP contribution is -2.37. The summed E-state index contributed by atoms with van der Waals surface area (Å²) < 4.78 is 34.3. The Morgan fingerprint density at radius 3 is 0.976 bits per heavy atom. The molecular weight excluding hydrogens is 1040 g/mol. The van der Waals surface area contributed by atoms with Gasteiger partial charge in [0.15, 0.2) is 6.10 Å². The van der Waals surface area contributed by atoms with E-state index in [0.717, 1.165) is 57.8 Å². The first kappa shape index (κ1) is 79.7. The van der Waals surface area contributed by atoms with Crippen LogP contribution in [0.1, 0.15) is 335 Å². The molecule has 0 aliphatic heterocycles. The van der Waals surface area contributed by atoms with Gasteiger partial charge in [-0.2, -0.15) is 0 Å². The number of quaternary nitrogens is 1. The number of hydrogen-bond acceptors (Lipinski definition) is 8. The number of esters is 2. The highest BCUT2D eigenvalue weighted by Gasteiger charge is 2.22. The van der Waals surface area contributed by atoms with Crippen LogP contribution in [0.5, 0.6) is 0 Å². The quantitative estimate of drug-likeness (QED) is 0.0195. The second-order valence-electron chi connectivity index (χ2n) is 24.9. The molecule has 2 atom stereocenters. The molecule has 0 aromatic carbocycles. The van der Waals surface area contributed by atoms with Crippen molar-refractivity contribution in [2.45, 2.75) is 341 Å². The fourth-order valence-corrected chi connectivity index (χ4v) is 10.8. The van der Waals surface area contributed by atoms with Crippen molar-refractivity contribution >= 4 is 19.8 Å². The fourth-order valence-electron chi connectivity index (χ4n) is 10.1. The predicted molar refractivity (Wildman–Crippen MR) is 351 cm³/mol. The average Bonchev–Trinajstić information content (AvgIpc) is 3.46. The summed E-state index contributed by atoms with van der Waals surface area (Å²) in [4.78, 5) is 38.1. The van der Waals surface area contributed by atoms with Gasteiger partial charge in [0.2, 0.25) is 0 Å². The highest BCUT2D eigenvalue weighted by Crippen LogP contribution is 2.38. The molecule has 0 bridgehead atoms. The molecule has 0 N–H and O–H groups in total. The number of carbonyl (C=O) groups is 2. The molecule has 0 aliphatic carbocycles. The molecule has 0 spiro atoms. The lowest BCUT2D eigenvalue weighted by molar-refractivity contribution is -0.870. The molecule has 0 radical (unpaired) electrons. The number of likely N-dealkylation sites (N-methyl/N-ethyl adjacent to an activating group) is 1. The predicted octanol–water partition coefficient (Wildman–Crippen LogP) is 22.0. The summed E-state index contributed by atoms with van der Waals surface area (Å²) >= 11 is 0. The van der Waals surface area contributed by atoms with Gasteiger partial charge in [-0.15, -0.1) is 0 Å². The number of carbonyl (C=O) groups excluding carboxylic acids is 2. The van der Waals surface area contributed by atoms with Gasteiger partial charge in [-0.1, -0.05) is 299 Å². The van der Waals surface area contributed by atoms with Gasteiger partial charge in [0.25, 0.3) is 7.82 Å². The lowest BCUT2D eigenvalue weighted by atomic mass is 10.0. The Balaban J connectivity index is 4.03. The number of phosphoric ester groups is 1. The number of ether oxygens (including phenoxy) is 2. The molecule has 0 saturated carbocycles. The maximum absolute atomic E-state index is 12.9. The zero-order valence-corrected chi connectivity index (χ0v) is 55.6. The first-order valence-corrected chi connectivity index (χ1v) is 36.5.